The normalized spacial score (nSPS) is 15.4. The Bertz CT molecular complexity index is 836. The Morgan fingerprint density at radius 3 is 2.37 bits per heavy atom. The molecule has 1 aromatic heterocycles. The van der Waals surface area contributed by atoms with Gasteiger partial charge in [0.15, 0.2) is 0 Å². The Kier molecular flexibility index (Phi) is 6.70. The van der Waals surface area contributed by atoms with Gasteiger partial charge in [0.2, 0.25) is 0 Å². The number of hydrogen-bond acceptors (Lipinski definition) is 2. The van der Waals surface area contributed by atoms with Crippen molar-refractivity contribution in [3.63, 3.8) is 0 Å². The van der Waals surface area contributed by atoms with E-state index < -0.39 is 0 Å². The molecule has 0 atom stereocenters. The zero-order valence-electron chi connectivity index (χ0n) is 15.9. The number of likely N-dealkylation sites (tertiary alicyclic amines) is 1. The van der Waals surface area contributed by atoms with Crippen molar-refractivity contribution >= 4 is 12.4 Å². The van der Waals surface area contributed by atoms with Gasteiger partial charge in [-0.25, -0.2) is 4.68 Å². The van der Waals surface area contributed by atoms with Gasteiger partial charge in [-0.2, -0.15) is 5.10 Å². The van der Waals surface area contributed by atoms with Crippen LogP contribution in [0.4, 0.5) is 0 Å². The molecule has 27 heavy (non-hydrogen) atoms. The Balaban J connectivity index is 0.00000210. The lowest BCUT2D eigenvalue weighted by Crippen LogP contribution is -2.33. The Hall–Kier alpha value is -2.10. The Morgan fingerprint density at radius 1 is 0.926 bits per heavy atom. The molecule has 0 spiro atoms. The van der Waals surface area contributed by atoms with E-state index in [1.807, 2.05) is 10.9 Å². The molecule has 4 heteroatoms. The van der Waals surface area contributed by atoms with Gasteiger partial charge in [-0.1, -0.05) is 48.5 Å². The SMILES string of the molecule is Cc1ccccc1-n1cc(CN2CCC(Cc3ccccc3)CC2)cn1.Cl. The van der Waals surface area contributed by atoms with Crippen LogP contribution in [0.5, 0.6) is 0 Å². The van der Waals surface area contributed by atoms with E-state index in [9.17, 15) is 0 Å². The summed E-state index contributed by atoms with van der Waals surface area (Å²) in [6.07, 6.45) is 8.00. The van der Waals surface area contributed by atoms with Crippen LogP contribution in [0.1, 0.15) is 29.5 Å². The highest BCUT2D eigenvalue weighted by molar-refractivity contribution is 5.85. The maximum Gasteiger partial charge on any atom is 0.0674 e. The van der Waals surface area contributed by atoms with Crippen LogP contribution in [-0.4, -0.2) is 27.8 Å². The lowest BCUT2D eigenvalue weighted by atomic mass is 9.90. The molecule has 2 heterocycles. The highest BCUT2D eigenvalue weighted by Gasteiger charge is 2.20. The molecule has 2 aromatic carbocycles. The maximum atomic E-state index is 4.57. The molecule has 3 aromatic rings. The first-order valence-electron chi connectivity index (χ1n) is 9.64. The fourth-order valence-corrected chi connectivity index (χ4v) is 3.95. The number of nitrogens with zero attached hydrogens (tertiary/aromatic N) is 3. The molecular formula is C23H28ClN3. The van der Waals surface area contributed by atoms with Crippen LogP contribution >= 0.6 is 12.4 Å². The zero-order chi connectivity index (χ0) is 17.8. The van der Waals surface area contributed by atoms with Crippen LogP contribution in [0.2, 0.25) is 0 Å². The molecule has 0 saturated carbocycles. The van der Waals surface area contributed by atoms with Crippen molar-refractivity contribution in [2.45, 2.75) is 32.7 Å². The van der Waals surface area contributed by atoms with E-state index in [0.717, 1.165) is 12.5 Å². The van der Waals surface area contributed by atoms with Crippen LogP contribution in [0.3, 0.4) is 0 Å². The van der Waals surface area contributed by atoms with Crippen LogP contribution in [0.15, 0.2) is 67.0 Å². The van der Waals surface area contributed by atoms with Crippen molar-refractivity contribution in [2.75, 3.05) is 13.1 Å². The number of halogens is 1. The molecule has 1 aliphatic rings. The number of hydrogen-bond donors (Lipinski definition) is 0. The van der Waals surface area contributed by atoms with E-state index in [2.05, 4.69) is 77.7 Å². The molecule has 0 aliphatic carbocycles. The molecule has 1 saturated heterocycles. The van der Waals surface area contributed by atoms with E-state index in [4.69, 9.17) is 0 Å². The minimum absolute atomic E-state index is 0. The molecule has 1 aliphatic heterocycles. The standard InChI is InChI=1S/C23H27N3.ClH/c1-19-7-5-6-10-23(19)26-18-22(16-24-26)17-25-13-11-21(12-14-25)15-20-8-3-2-4-9-20;/h2-10,16,18,21H,11-15,17H2,1H3;1H. The molecule has 0 unspecified atom stereocenters. The second-order valence-electron chi connectivity index (χ2n) is 7.49. The number of aromatic nitrogens is 2. The number of rotatable bonds is 5. The molecule has 0 radical (unpaired) electrons. The quantitative estimate of drug-likeness (QED) is 0.616. The number of piperidine rings is 1. The van der Waals surface area contributed by atoms with Gasteiger partial charge < -0.3 is 0 Å². The second kappa shape index (κ2) is 9.20. The van der Waals surface area contributed by atoms with E-state index in [1.165, 1.54) is 54.7 Å². The lowest BCUT2D eigenvalue weighted by Gasteiger charge is -2.31. The smallest absolute Gasteiger partial charge is 0.0674 e. The van der Waals surface area contributed by atoms with Gasteiger partial charge in [0.05, 0.1) is 11.9 Å². The summed E-state index contributed by atoms with van der Waals surface area (Å²) in [5.41, 5.74) is 5.20. The molecule has 0 amide bonds. The first kappa shape index (κ1) is 19.7. The average molecular weight is 382 g/mol. The van der Waals surface area contributed by atoms with Crippen LogP contribution in [0.25, 0.3) is 5.69 Å². The summed E-state index contributed by atoms with van der Waals surface area (Å²) in [6.45, 7) is 5.51. The van der Waals surface area contributed by atoms with Gasteiger partial charge in [0.1, 0.15) is 0 Å². The fourth-order valence-electron chi connectivity index (χ4n) is 3.95. The Labute approximate surface area is 168 Å². The number of benzene rings is 2. The highest BCUT2D eigenvalue weighted by Crippen LogP contribution is 2.23. The summed E-state index contributed by atoms with van der Waals surface area (Å²) in [5, 5.41) is 4.57. The van der Waals surface area contributed by atoms with Crippen molar-refractivity contribution in [3.8, 4) is 5.69 Å². The third kappa shape index (κ3) is 5.00. The monoisotopic (exact) mass is 381 g/mol. The first-order chi connectivity index (χ1) is 12.8. The van der Waals surface area contributed by atoms with E-state index in [-0.39, 0.29) is 12.4 Å². The summed E-state index contributed by atoms with van der Waals surface area (Å²) in [6, 6.07) is 19.3. The molecule has 3 nitrogen and oxygen atoms in total. The van der Waals surface area contributed by atoms with Gasteiger partial charge in [-0.15, -0.1) is 12.4 Å². The van der Waals surface area contributed by atoms with Crippen molar-refractivity contribution in [1.29, 1.82) is 0 Å². The topological polar surface area (TPSA) is 21.1 Å². The number of aryl methyl sites for hydroxylation is 1. The molecular weight excluding hydrogens is 354 g/mol. The summed E-state index contributed by atoms with van der Waals surface area (Å²) < 4.78 is 2.01. The van der Waals surface area contributed by atoms with E-state index in [1.54, 1.807) is 0 Å². The van der Waals surface area contributed by atoms with Gasteiger partial charge in [0, 0.05) is 18.3 Å². The predicted molar refractivity (Wildman–Crippen MR) is 114 cm³/mol. The van der Waals surface area contributed by atoms with Crippen molar-refractivity contribution in [1.82, 2.24) is 14.7 Å². The molecule has 4 rings (SSSR count). The maximum absolute atomic E-state index is 4.57. The van der Waals surface area contributed by atoms with E-state index in [0.29, 0.717) is 0 Å². The zero-order valence-corrected chi connectivity index (χ0v) is 16.7. The third-order valence-corrected chi connectivity index (χ3v) is 5.48. The van der Waals surface area contributed by atoms with Crippen LogP contribution in [-0.2, 0) is 13.0 Å². The summed E-state index contributed by atoms with van der Waals surface area (Å²) in [7, 11) is 0. The lowest BCUT2D eigenvalue weighted by molar-refractivity contribution is 0.177. The summed E-state index contributed by atoms with van der Waals surface area (Å²) in [5.74, 6) is 0.823. The fraction of sp³-hybridized carbons (Fsp3) is 0.348. The van der Waals surface area contributed by atoms with Crippen molar-refractivity contribution in [2.24, 2.45) is 5.92 Å². The van der Waals surface area contributed by atoms with E-state index >= 15 is 0 Å². The van der Waals surface area contributed by atoms with Crippen LogP contribution < -0.4 is 0 Å². The van der Waals surface area contributed by atoms with Crippen molar-refractivity contribution < 1.29 is 0 Å². The first-order valence-corrected chi connectivity index (χ1v) is 9.64. The molecule has 142 valence electrons. The second-order valence-corrected chi connectivity index (χ2v) is 7.49. The summed E-state index contributed by atoms with van der Waals surface area (Å²) in [4.78, 5) is 2.57. The predicted octanol–water partition coefficient (Wildman–Crippen LogP) is 5.06. The van der Waals surface area contributed by atoms with Crippen LogP contribution in [0, 0.1) is 12.8 Å². The van der Waals surface area contributed by atoms with Gasteiger partial charge in [-0.3, -0.25) is 4.90 Å². The van der Waals surface area contributed by atoms with Crippen molar-refractivity contribution in [3.05, 3.63) is 83.7 Å². The summed E-state index contributed by atoms with van der Waals surface area (Å²) >= 11 is 0. The third-order valence-electron chi connectivity index (χ3n) is 5.48. The van der Waals surface area contributed by atoms with Gasteiger partial charge in [0.25, 0.3) is 0 Å². The minimum atomic E-state index is 0. The van der Waals surface area contributed by atoms with Gasteiger partial charge in [-0.05, 0) is 62.4 Å². The van der Waals surface area contributed by atoms with Gasteiger partial charge >= 0.3 is 0 Å². The average Bonchev–Trinajstić information content (AvgIpc) is 3.13. The molecule has 0 bridgehead atoms. The minimum Gasteiger partial charge on any atom is -0.299 e. The molecule has 0 N–H and O–H groups in total. The highest BCUT2D eigenvalue weighted by atomic mass is 35.5. The Morgan fingerprint density at radius 2 is 1.63 bits per heavy atom. The largest absolute Gasteiger partial charge is 0.299 e. The number of para-hydroxylation sites is 1. The molecule has 1 fully saturated rings.